The molecule has 3 nitrogen and oxygen atoms in total. The van der Waals surface area contributed by atoms with Crippen molar-refractivity contribution in [3.8, 4) is 0 Å². The van der Waals surface area contributed by atoms with Gasteiger partial charge in [-0.3, -0.25) is 4.68 Å². The van der Waals surface area contributed by atoms with Gasteiger partial charge < -0.3 is 5.32 Å². The molecule has 0 fully saturated rings. The second-order valence-corrected chi connectivity index (χ2v) is 5.32. The van der Waals surface area contributed by atoms with Gasteiger partial charge in [-0.1, -0.05) is 19.1 Å². The van der Waals surface area contributed by atoms with E-state index < -0.39 is 0 Å². The summed E-state index contributed by atoms with van der Waals surface area (Å²) in [5, 5.41) is 7.95. The van der Waals surface area contributed by atoms with E-state index in [1.165, 1.54) is 17.8 Å². The second kappa shape index (κ2) is 7.36. The molecule has 0 spiro atoms. The summed E-state index contributed by atoms with van der Waals surface area (Å²) in [7, 11) is 1.97. The summed E-state index contributed by atoms with van der Waals surface area (Å²) in [6.07, 6.45) is 2.77. The highest BCUT2D eigenvalue weighted by Crippen LogP contribution is 2.12. The Labute approximate surface area is 126 Å². The third-order valence-corrected chi connectivity index (χ3v) is 3.83. The SMILES string of the molecule is CCc1cc(CC(Cc2ccc(F)cc2)NC)n(CC)n1. The lowest BCUT2D eigenvalue weighted by atomic mass is 10.0. The van der Waals surface area contributed by atoms with E-state index in [1.807, 2.05) is 19.2 Å². The quantitative estimate of drug-likeness (QED) is 0.849. The largest absolute Gasteiger partial charge is 0.316 e. The molecular formula is C17H24FN3. The van der Waals surface area contributed by atoms with E-state index in [0.29, 0.717) is 6.04 Å². The Hall–Kier alpha value is -1.68. The van der Waals surface area contributed by atoms with Crippen molar-refractivity contribution in [3.05, 3.63) is 53.1 Å². The van der Waals surface area contributed by atoms with Gasteiger partial charge in [-0.2, -0.15) is 5.10 Å². The molecule has 21 heavy (non-hydrogen) atoms. The van der Waals surface area contributed by atoms with Gasteiger partial charge in [-0.05, 0) is 50.6 Å². The van der Waals surface area contributed by atoms with Gasteiger partial charge in [0.25, 0.3) is 0 Å². The molecule has 114 valence electrons. The van der Waals surface area contributed by atoms with Gasteiger partial charge in [-0.15, -0.1) is 0 Å². The van der Waals surface area contributed by atoms with Crippen molar-refractivity contribution in [1.82, 2.24) is 15.1 Å². The molecule has 0 radical (unpaired) electrons. The molecule has 0 aliphatic rings. The molecule has 1 aromatic carbocycles. The zero-order chi connectivity index (χ0) is 15.2. The number of hydrogen-bond acceptors (Lipinski definition) is 2. The molecule has 1 atom stereocenters. The summed E-state index contributed by atoms with van der Waals surface area (Å²) in [5.41, 5.74) is 3.55. The normalized spacial score (nSPS) is 12.6. The Kier molecular flexibility index (Phi) is 5.51. The van der Waals surface area contributed by atoms with Crippen molar-refractivity contribution in [2.75, 3.05) is 7.05 Å². The maximum Gasteiger partial charge on any atom is 0.123 e. The van der Waals surface area contributed by atoms with Crippen LogP contribution in [0.2, 0.25) is 0 Å². The van der Waals surface area contributed by atoms with Crippen LogP contribution in [-0.4, -0.2) is 22.9 Å². The van der Waals surface area contributed by atoms with Crippen molar-refractivity contribution in [2.24, 2.45) is 0 Å². The number of benzene rings is 1. The third-order valence-electron chi connectivity index (χ3n) is 3.83. The molecular weight excluding hydrogens is 265 g/mol. The van der Waals surface area contributed by atoms with Crippen molar-refractivity contribution >= 4 is 0 Å². The number of nitrogens with one attached hydrogen (secondary N) is 1. The zero-order valence-corrected chi connectivity index (χ0v) is 13.1. The van der Waals surface area contributed by atoms with E-state index in [1.54, 1.807) is 0 Å². The van der Waals surface area contributed by atoms with Crippen LogP contribution in [-0.2, 0) is 25.8 Å². The second-order valence-electron chi connectivity index (χ2n) is 5.32. The highest BCUT2D eigenvalue weighted by molar-refractivity contribution is 5.19. The third kappa shape index (κ3) is 4.14. The van der Waals surface area contributed by atoms with Crippen molar-refractivity contribution in [2.45, 2.75) is 45.7 Å². The average molecular weight is 289 g/mol. The standard InChI is InChI=1S/C17H24FN3/c1-4-15-11-17(21(5-2)20-15)12-16(19-3)10-13-6-8-14(18)9-7-13/h6-9,11,16,19H,4-5,10,12H2,1-3H3. The van der Waals surface area contributed by atoms with Gasteiger partial charge in [0.05, 0.1) is 5.69 Å². The van der Waals surface area contributed by atoms with Gasteiger partial charge in [0, 0.05) is 24.7 Å². The highest BCUT2D eigenvalue weighted by atomic mass is 19.1. The minimum Gasteiger partial charge on any atom is -0.316 e. The number of rotatable bonds is 7. The first kappa shape index (κ1) is 15.7. The van der Waals surface area contributed by atoms with E-state index in [0.717, 1.165) is 37.1 Å². The molecule has 0 aliphatic carbocycles. The van der Waals surface area contributed by atoms with E-state index in [-0.39, 0.29) is 5.82 Å². The first-order valence-corrected chi connectivity index (χ1v) is 7.63. The molecule has 4 heteroatoms. The van der Waals surface area contributed by atoms with Gasteiger partial charge in [0.1, 0.15) is 5.82 Å². The summed E-state index contributed by atoms with van der Waals surface area (Å²) in [4.78, 5) is 0. The molecule has 0 bridgehead atoms. The summed E-state index contributed by atoms with van der Waals surface area (Å²) in [6.45, 7) is 5.13. The number of aromatic nitrogens is 2. The molecule has 1 heterocycles. The Morgan fingerprint density at radius 2 is 1.90 bits per heavy atom. The molecule has 0 amide bonds. The molecule has 1 unspecified atom stereocenters. The first-order chi connectivity index (χ1) is 10.2. The summed E-state index contributed by atoms with van der Waals surface area (Å²) in [6, 6.07) is 9.27. The monoisotopic (exact) mass is 289 g/mol. The minimum atomic E-state index is -0.184. The fourth-order valence-electron chi connectivity index (χ4n) is 2.56. The van der Waals surface area contributed by atoms with Crippen LogP contribution < -0.4 is 5.32 Å². The lowest BCUT2D eigenvalue weighted by molar-refractivity contribution is 0.519. The number of aryl methyl sites for hydroxylation is 2. The molecule has 0 aliphatic heterocycles. The van der Waals surface area contributed by atoms with Crippen molar-refractivity contribution in [1.29, 1.82) is 0 Å². The predicted molar refractivity (Wildman–Crippen MR) is 83.9 cm³/mol. The van der Waals surface area contributed by atoms with E-state index in [4.69, 9.17) is 0 Å². The van der Waals surface area contributed by atoms with Crippen LogP contribution in [0, 0.1) is 5.82 Å². The van der Waals surface area contributed by atoms with Crippen molar-refractivity contribution < 1.29 is 4.39 Å². The average Bonchev–Trinajstić information content (AvgIpc) is 2.91. The Bertz CT molecular complexity index is 560. The van der Waals surface area contributed by atoms with Crippen LogP contribution in [0.1, 0.15) is 30.8 Å². The van der Waals surface area contributed by atoms with Crippen LogP contribution in [0.25, 0.3) is 0 Å². The van der Waals surface area contributed by atoms with Gasteiger partial charge in [-0.25, -0.2) is 4.39 Å². The Balaban J connectivity index is 2.08. The fourth-order valence-corrected chi connectivity index (χ4v) is 2.56. The van der Waals surface area contributed by atoms with E-state index in [9.17, 15) is 4.39 Å². The summed E-state index contributed by atoms with van der Waals surface area (Å²) >= 11 is 0. The zero-order valence-electron chi connectivity index (χ0n) is 13.1. The van der Waals surface area contributed by atoms with Crippen LogP contribution >= 0.6 is 0 Å². The summed E-state index contributed by atoms with van der Waals surface area (Å²) < 4.78 is 15.0. The maximum absolute atomic E-state index is 13.0. The smallest absolute Gasteiger partial charge is 0.123 e. The summed E-state index contributed by atoms with van der Waals surface area (Å²) in [5.74, 6) is -0.184. The molecule has 1 aromatic heterocycles. The molecule has 1 N–H and O–H groups in total. The van der Waals surface area contributed by atoms with Gasteiger partial charge in [0.15, 0.2) is 0 Å². The van der Waals surface area contributed by atoms with Crippen LogP contribution in [0.15, 0.2) is 30.3 Å². The fraction of sp³-hybridized carbons (Fsp3) is 0.471. The Morgan fingerprint density at radius 3 is 2.48 bits per heavy atom. The van der Waals surface area contributed by atoms with Gasteiger partial charge in [0.2, 0.25) is 0 Å². The highest BCUT2D eigenvalue weighted by Gasteiger charge is 2.13. The maximum atomic E-state index is 13.0. The molecule has 2 rings (SSSR count). The molecule has 0 saturated heterocycles. The number of halogens is 1. The first-order valence-electron chi connectivity index (χ1n) is 7.63. The number of nitrogens with zero attached hydrogens (tertiary/aromatic N) is 2. The van der Waals surface area contributed by atoms with E-state index in [2.05, 4.69) is 35.0 Å². The molecule has 0 saturated carbocycles. The number of likely N-dealkylation sites (N-methyl/N-ethyl adjacent to an activating group) is 1. The lowest BCUT2D eigenvalue weighted by Crippen LogP contribution is -2.30. The van der Waals surface area contributed by atoms with E-state index >= 15 is 0 Å². The number of hydrogen-bond donors (Lipinski definition) is 1. The predicted octanol–water partition coefficient (Wildman–Crippen LogP) is 2.98. The lowest BCUT2D eigenvalue weighted by Gasteiger charge is -2.17. The topological polar surface area (TPSA) is 29.9 Å². The van der Waals surface area contributed by atoms with Crippen LogP contribution in [0.3, 0.4) is 0 Å². The van der Waals surface area contributed by atoms with Crippen LogP contribution in [0.4, 0.5) is 4.39 Å². The molecule has 2 aromatic rings. The van der Waals surface area contributed by atoms with Crippen LogP contribution in [0.5, 0.6) is 0 Å². The van der Waals surface area contributed by atoms with Crippen molar-refractivity contribution in [3.63, 3.8) is 0 Å². The Morgan fingerprint density at radius 1 is 1.19 bits per heavy atom. The minimum absolute atomic E-state index is 0.184. The van der Waals surface area contributed by atoms with Gasteiger partial charge >= 0.3 is 0 Å².